The van der Waals surface area contributed by atoms with Crippen LogP contribution in [0.2, 0.25) is 0 Å². The van der Waals surface area contributed by atoms with Crippen LogP contribution in [-0.4, -0.2) is 23.2 Å². The van der Waals surface area contributed by atoms with Crippen molar-refractivity contribution in [2.75, 3.05) is 7.11 Å². The minimum absolute atomic E-state index is 0.254. The average Bonchev–Trinajstić information content (AvgIpc) is 2.90. The molecule has 100 valence electrons. The van der Waals surface area contributed by atoms with E-state index in [0.717, 1.165) is 21.0 Å². The van der Waals surface area contributed by atoms with E-state index in [4.69, 9.17) is 9.84 Å². The summed E-state index contributed by atoms with van der Waals surface area (Å²) >= 11 is 1.54. The van der Waals surface area contributed by atoms with Gasteiger partial charge in [0.1, 0.15) is 10.8 Å². The normalized spacial score (nSPS) is 10.7. The lowest BCUT2D eigenvalue weighted by Crippen LogP contribution is -1.94. The fourth-order valence-electron chi connectivity index (χ4n) is 1.92. The number of aromatic nitrogens is 1. The van der Waals surface area contributed by atoms with E-state index >= 15 is 0 Å². The molecule has 20 heavy (non-hydrogen) atoms. The summed E-state index contributed by atoms with van der Waals surface area (Å²) in [6.07, 6.45) is 0. The molecule has 0 spiro atoms. The number of methoxy groups -OCH3 is 1. The Labute approximate surface area is 119 Å². The maximum absolute atomic E-state index is 11.0. The maximum atomic E-state index is 11.0. The molecule has 4 nitrogen and oxygen atoms in total. The smallest absolute Gasteiger partial charge is 0.335 e. The highest BCUT2D eigenvalue weighted by atomic mass is 32.1. The minimum atomic E-state index is -0.939. The first-order valence-electron chi connectivity index (χ1n) is 5.95. The summed E-state index contributed by atoms with van der Waals surface area (Å²) in [5, 5.41) is 9.85. The second-order valence-electron chi connectivity index (χ2n) is 4.24. The van der Waals surface area contributed by atoms with Crippen LogP contribution in [0.3, 0.4) is 0 Å². The molecule has 0 bridgehead atoms. The number of carboxylic acid groups (broad SMARTS) is 1. The molecule has 0 amide bonds. The molecule has 0 aliphatic rings. The lowest BCUT2D eigenvalue weighted by Gasteiger charge is -1.99. The van der Waals surface area contributed by atoms with E-state index in [2.05, 4.69) is 4.98 Å². The van der Waals surface area contributed by atoms with Crippen molar-refractivity contribution in [2.45, 2.75) is 0 Å². The van der Waals surface area contributed by atoms with E-state index in [0.29, 0.717) is 5.52 Å². The molecule has 3 aromatic rings. The molecular formula is C15H11NO3S. The highest BCUT2D eigenvalue weighted by molar-refractivity contribution is 7.21. The van der Waals surface area contributed by atoms with Crippen LogP contribution in [0.5, 0.6) is 5.75 Å². The number of carbonyl (C=O) groups is 1. The van der Waals surface area contributed by atoms with Crippen molar-refractivity contribution in [3.8, 4) is 16.3 Å². The second-order valence-corrected chi connectivity index (χ2v) is 5.27. The molecule has 3 rings (SSSR count). The lowest BCUT2D eigenvalue weighted by molar-refractivity contribution is 0.0697. The molecule has 0 aliphatic heterocycles. The Bertz CT molecular complexity index is 777. The summed E-state index contributed by atoms with van der Waals surface area (Å²) in [5.41, 5.74) is 1.95. The number of thiazole rings is 1. The van der Waals surface area contributed by atoms with E-state index in [9.17, 15) is 4.79 Å². The number of hydrogen-bond donors (Lipinski definition) is 1. The van der Waals surface area contributed by atoms with Crippen LogP contribution in [0.15, 0.2) is 42.5 Å². The van der Waals surface area contributed by atoms with E-state index in [1.807, 2.05) is 24.3 Å². The van der Waals surface area contributed by atoms with Gasteiger partial charge in [-0.2, -0.15) is 0 Å². The predicted octanol–water partition coefficient (Wildman–Crippen LogP) is 3.67. The van der Waals surface area contributed by atoms with Gasteiger partial charge in [-0.3, -0.25) is 0 Å². The quantitative estimate of drug-likeness (QED) is 0.797. The minimum Gasteiger partial charge on any atom is -0.497 e. The molecule has 0 radical (unpaired) electrons. The molecule has 2 aromatic carbocycles. The first-order valence-corrected chi connectivity index (χ1v) is 6.77. The molecular weight excluding hydrogens is 274 g/mol. The van der Waals surface area contributed by atoms with Crippen molar-refractivity contribution >= 4 is 27.5 Å². The van der Waals surface area contributed by atoms with Crippen LogP contribution in [0.4, 0.5) is 0 Å². The van der Waals surface area contributed by atoms with Gasteiger partial charge in [-0.25, -0.2) is 9.78 Å². The van der Waals surface area contributed by atoms with Crippen LogP contribution in [0, 0.1) is 0 Å². The highest BCUT2D eigenvalue weighted by Crippen LogP contribution is 2.31. The van der Waals surface area contributed by atoms with Gasteiger partial charge >= 0.3 is 5.97 Å². The first-order chi connectivity index (χ1) is 9.67. The monoisotopic (exact) mass is 285 g/mol. The van der Waals surface area contributed by atoms with Gasteiger partial charge in [0.25, 0.3) is 0 Å². The number of hydrogen-bond acceptors (Lipinski definition) is 4. The zero-order chi connectivity index (χ0) is 14.1. The van der Waals surface area contributed by atoms with Gasteiger partial charge in [0.2, 0.25) is 0 Å². The number of carboxylic acids is 1. The Morgan fingerprint density at radius 3 is 2.60 bits per heavy atom. The molecule has 1 heterocycles. The van der Waals surface area contributed by atoms with Gasteiger partial charge in [-0.15, -0.1) is 11.3 Å². The largest absolute Gasteiger partial charge is 0.497 e. The van der Waals surface area contributed by atoms with E-state index in [1.54, 1.807) is 25.3 Å². The Hall–Kier alpha value is -2.40. The van der Waals surface area contributed by atoms with E-state index in [-0.39, 0.29) is 5.56 Å². The number of ether oxygens (including phenoxy) is 1. The topological polar surface area (TPSA) is 59.4 Å². The average molecular weight is 285 g/mol. The third-order valence-electron chi connectivity index (χ3n) is 2.97. The Morgan fingerprint density at radius 2 is 1.95 bits per heavy atom. The summed E-state index contributed by atoms with van der Waals surface area (Å²) < 4.78 is 6.10. The third-order valence-corrected chi connectivity index (χ3v) is 4.06. The second kappa shape index (κ2) is 4.94. The molecule has 5 heteroatoms. The highest BCUT2D eigenvalue weighted by Gasteiger charge is 2.09. The molecule has 0 unspecified atom stereocenters. The van der Waals surface area contributed by atoms with Crippen molar-refractivity contribution < 1.29 is 14.6 Å². The van der Waals surface area contributed by atoms with Crippen LogP contribution >= 0.6 is 11.3 Å². The summed E-state index contributed by atoms with van der Waals surface area (Å²) in [6, 6.07) is 12.6. The predicted molar refractivity (Wildman–Crippen MR) is 78.6 cm³/mol. The van der Waals surface area contributed by atoms with Crippen LogP contribution in [0.1, 0.15) is 10.4 Å². The fourth-order valence-corrected chi connectivity index (χ4v) is 2.87. The van der Waals surface area contributed by atoms with Gasteiger partial charge < -0.3 is 9.84 Å². The molecule has 0 aliphatic carbocycles. The Kier molecular flexibility index (Phi) is 3.12. The molecule has 0 atom stereocenters. The summed E-state index contributed by atoms with van der Waals surface area (Å²) in [7, 11) is 1.63. The Balaban J connectivity index is 2.05. The number of fused-ring (bicyclic) bond motifs is 1. The van der Waals surface area contributed by atoms with Crippen LogP contribution in [-0.2, 0) is 0 Å². The lowest BCUT2D eigenvalue weighted by atomic mass is 10.2. The summed E-state index contributed by atoms with van der Waals surface area (Å²) in [6.45, 7) is 0. The zero-order valence-electron chi connectivity index (χ0n) is 10.7. The third kappa shape index (κ3) is 2.23. The molecule has 0 saturated heterocycles. The number of benzene rings is 2. The van der Waals surface area contributed by atoms with Crippen LogP contribution in [0.25, 0.3) is 20.8 Å². The van der Waals surface area contributed by atoms with Crippen LogP contribution < -0.4 is 4.74 Å². The number of nitrogens with zero attached hydrogens (tertiary/aromatic N) is 1. The summed E-state index contributed by atoms with van der Waals surface area (Å²) in [5.74, 6) is -0.145. The Morgan fingerprint density at radius 1 is 1.20 bits per heavy atom. The fraction of sp³-hybridized carbons (Fsp3) is 0.0667. The van der Waals surface area contributed by atoms with Gasteiger partial charge in [0.05, 0.1) is 22.9 Å². The molecule has 1 N–H and O–H groups in total. The molecule has 1 aromatic heterocycles. The zero-order valence-corrected chi connectivity index (χ0v) is 11.5. The van der Waals surface area contributed by atoms with Crippen molar-refractivity contribution in [1.29, 1.82) is 0 Å². The van der Waals surface area contributed by atoms with E-state index in [1.165, 1.54) is 11.3 Å². The number of rotatable bonds is 3. The van der Waals surface area contributed by atoms with Gasteiger partial charge in [0.15, 0.2) is 0 Å². The van der Waals surface area contributed by atoms with Gasteiger partial charge in [-0.05, 0) is 42.5 Å². The molecule has 0 saturated carbocycles. The van der Waals surface area contributed by atoms with Gasteiger partial charge in [-0.1, -0.05) is 0 Å². The first kappa shape index (κ1) is 12.6. The standard InChI is InChI=1S/C15H11NO3S/c1-19-11-5-2-9(3-6-11)14-16-12-8-10(15(17)18)4-7-13(12)20-14/h2-8H,1H3,(H,17,18). The van der Waals surface area contributed by atoms with Gasteiger partial charge in [0, 0.05) is 5.56 Å². The molecule has 0 fully saturated rings. The van der Waals surface area contributed by atoms with Crippen molar-refractivity contribution in [3.63, 3.8) is 0 Å². The summed E-state index contributed by atoms with van der Waals surface area (Å²) in [4.78, 5) is 15.4. The van der Waals surface area contributed by atoms with E-state index < -0.39 is 5.97 Å². The van der Waals surface area contributed by atoms with Crippen molar-refractivity contribution in [2.24, 2.45) is 0 Å². The number of aromatic carboxylic acids is 1. The maximum Gasteiger partial charge on any atom is 0.335 e. The van der Waals surface area contributed by atoms with Crippen molar-refractivity contribution in [1.82, 2.24) is 4.98 Å². The van der Waals surface area contributed by atoms with Crippen molar-refractivity contribution in [3.05, 3.63) is 48.0 Å². The SMILES string of the molecule is COc1ccc(-c2nc3cc(C(=O)O)ccc3s2)cc1.